The summed E-state index contributed by atoms with van der Waals surface area (Å²) in [5, 5.41) is 16.2. The van der Waals surface area contributed by atoms with Crippen LogP contribution in [0.3, 0.4) is 0 Å². The van der Waals surface area contributed by atoms with E-state index in [0.29, 0.717) is 22.7 Å². The molecule has 2 N–H and O–H groups in total. The highest BCUT2D eigenvalue weighted by atomic mass is 32.2. The van der Waals surface area contributed by atoms with E-state index < -0.39 is 4.92 Å². The summed E-state index contributed by atoms with van der Waals surface area (Å²) in [6.07, 6.45) is 0. The van der Waals surface area contributed by atoms with Gasteiger partial charge in [-0.25, -0.2) is 0 Å². The average Bonchev–Trinajstić information content (AvgIpc) is 2.63. The van der Waals surface area contributed by atoms with E-state index in [-0.39, 0.29) is 29.0 Å². The third-order valence-corrected chi connectivity index (χ3v) is 4.49. The molecule has 9 heteroatoms. The number of benzene rings is 2. The van der Waals surface area contributed by atoms with Crippen molar-refractivity contribution < 1.29 is 19.2 Å². The van der Waals surface area contributed by atoms with Gasteiger partial charge in [-0.1, -0.05) is 18.2 Å². The molecule has 2 amide bonds. The summed E-state index contributed by atoms with van der Waals surface area (Å²) >= 11 is 1.14. The number of nitro groups is 1. The van der Waals surface area contributed by atoms with Gasteiger partial charge in [0.1, 0.15) is 5.75 Å². The fourth-order valence-corrected chi connectivity index (χ4v) is 2.83. The van der Waals surface area contributed by atoms with Gasteiger partial charge in [0.25, 0.3) is 5.69 Å². The van der Waals surface area contributed by atoms with Crippen LogP contribution in [0.1, 0.15) is 5.56 Å². The summed E-state index contributed by atoms with van der Waals surface area (Å²) in [5.41, 5.74) is 1.56. The third kappa shape index (κ3) is 6.00. The van der Waals surface area contributed by atoms with E-state index >= 15 is 0 Å². The average molecular weight is 389 g/mol. The zero-order valence-electron chi connectivity index (χ0n) is 14.9. The number of hydrogen-bond donors (Lipinski definition) is 2. The smallest absolute Gasteiger partial charge is 0.271 e. The van der Waals surface area contributed by atoms with E-state index in [2.05, 4.69) is 10.6 Å². The lowest BCUT2D eigenvalue weighted by Crippen LogP contribution is -2.19. The van der Waals surface area contributed by atoms with Crippen molar-refractivity contribution >= 4 is 40.6 Å². The van der Waals surface area contributed by atoms with E-state index in [1.165, 1.54) is 19.2 Å². The Kier molecular flexibility index (Phi) is 7.18. The highest BCUT2D eigenvalue weighted by molar-refractivity contribution is 8.00. The number of amides is 2. The Morgan fingerprint density at radius 1 is 1.07 bits per heavy atom. The number of para-hydroxylation sites is 2. The first-order valence-corrected chi connectivity index (χ1v) is 9.11. The zero-order valence-corrected chi connectivity index (χ0v) is 15.7. The number of nitrogens with one attached hydrogen (secondary N) is 2. The Balaban J connectivity index is 1.83. The number of hydrogen-bond acceptors (Lipinski definition) is 6. The molecule has 0 saturated carbocycles. The number of ether oxygens (including phenoxy) is 1. The molecule has 27 heavy (non-hydrogen) atoms. The molecular formula is C18H19N3O5S. The molecule has 0 aromatic heterocycles. The second-order valence-electron chi connectivity index (χ2n) is 5.55. The van der Waals surface area contributed by atoms with Crippen LogP contribution in [0.5, 0.6) is 5.75 Å². The number of anilines is 2. The van der Waals surface area contributed by atoms with Crippen molar-refractivity contribution in [3.63, 3.8) is 0 Å². The Morgan fingerprint density at radius 2 is 1.70 bits per heavy atom. The molecule has 2 rings (SSSR count). The molecule has 0 aliphatic rings. The van der Waals surface area contributed by atoms with Crippen LogP contribution >= 0.6 is 11.8 Å². The molecule has 0 unspecified atom stereocenters. The number of nitro benzene ring substituents is 1. The number of carbonyl (C=O) groups excluding carboxylic acids is 2. The maximum Gasteiger partial charge on any atom is 0.271 e. The number of methoxy groups -OCH3 is 1. The Labute approximate surface area is 160 Å². The van der Waals surface area contributed by atoms with Gasteiger partial charge in [-0.2, -0.15) is 0 Å². The van der Waals surface area contributed by atoms with Crippen LogP contribution in [0.25, 0.3) is 0 Å². The lowest BCUT2D eigenvalue weighted by molar-refractivity contribution is -0.384. The number of non-ortho nitro benzene ring substituents is 1. The molecule has 0 aliphatic heterocycles. The molecule has 0 aliphatic carbocycles. The summed E-state index contributed by atoms with van der Waals surface area (Å²) < 4.78 is 5.16. The summed E-state index contributed by atoms with van der Waals surface area (Å²) in [6, 6.07) is 11.3. The predicted octanol–water partition coefficient (Wildman–Crippen LogP) is 3.22. The van der Waals surface area contributed by atoms with E-state index in [1.54, 1.807) is 37.3 Å². The van der Waals surface area contributed by atoms with E-state index in [0.717, 1.165) is 11.8 Å². The Hall–Kier alpha value is -3.07. The van der Waals surface area contributed by atoms with Gasteiger partial charge >= 0.3 is 0 Å². The first kappa shape index (κ1) is 20.2. The number of rotatable bonds is 8. The molecular weight excluding hydrogens is 370 g/mol. The molecule has 2 aromatic rings. The maximum atomic E-state index is 12.0. The normalized spacial score (nSPS) is 10.1. The number of carbonyl (C=O) groups is 2. The van der Waals surface area contributed by atoms with Gasteiger partial charge in [0.2, 0.25) is 11.8 Å². The molecule has 0 spiro atoms. The highest BCUT2D eigenvalue weighted by Gasteiger charge is 2.12. The minimum Gasteiger partial charge on any atom is -0.495 e. The van der Waals surface area contributed by atoms with E-state index in [1.807, 2.05) is 0 Å². The van der Waals surface area contributed by atoms with Gasteiger partial charge in [-0.3, -0.25) is 19.7 Å². The highest BCUT2D eigenvalue weighted by Crippen LogP contribution is 2.24. The van der Waals surface area contributed by atoms with Crippen molar-refractivity contribution in [3.05, 3.63) is 58.1 Å². The van der Waals surface area contributed by atoms with Crippen molar-refractivity contribution in [2.75, 3.05) is 29.2 Å². The molecule has 0 bridgehead atoms. The van der Waals surface area contributed by atoms with Gasteiger partial charge in [0, 0.05) is 12.1 Å². The van der Waals surface area contributed by atoms with Gasteiger partial charge in [0.05, 0.1) is 34.9 Å². The van der Waals surface area contributed by atoms with Crippen molar-refractivity contribution in [3.8, 4) is 5.75 Å². The van der Waals surface area contributed by atoms with E-state index in [4.69, 9.17) is 4.74 Å². The second kappa shape index (κ2) is 9.58. The SMILES string of the molecule is COc1ccccc1NC(=O)CSCC(=O)Nc1cc([N+](=O)[O-])ccc1C. The number of thioether (sulfide) groups is 1. The second-order valence-corrected chi connectivity index (χ2v) is 6.53. The van der Waals surface area contributed by atoms with E-state index in [9.17, 15) is 19.7 Å². The topological polar surface area (TPSA) is 111 Å². The molecule has 0 saturated heterocycles. The molecule has 8 nitrogen and oxygen atoms in total. The quantitative estimate of drug-likeness (QED) is 0.530. The summed E-state index contributed by atoms with van der Waals surface area (Å²) in [6.45, 7) is 1.74. The summed E-state index contributed by atoms with van der Waals surface area (Å²) in [7, 11) is 1.51. The zero-order chi connectivity index (χ0) is 19.8. The van der Waals surface area contributed by atoms with Crippen LogP contribution in [-0.4, -0.2) is 35.4 Å². The largest absolute Gasteiger partial charge is 0.495 e. The minimum atomic E-state index is -0.522. The van der Waals surface area contributed by atoms with Crippen LogP contribution in [0, 0.1) is 17.0 Å². The summed E-state index contributed by atoms with van der Waals surface area (Å²) in [5.74, 6) is 0.0770. The van der Waals surface area contributed by atoms with Crippen molar-refractivity contribution in [2.45, 2.75) is 6.92 Å². The van der Waals surface area contributed by atoms with Gasteiger partial charge in [-0.05, 0) is 24.6 Å². The van der Waals surface area contributed by atoms with Crippen LogP contribution in [0.2, 0.25) is 0 Å². The Morgan fingerprint density at radius 3 is 2.33 bits per heavy atom. The fraction of sp³-hybridized carbons (Fsp3) is 0.222. The van der Waals surface area contributed by atoms with Gasteiger partial charge in [-0.15, -0.1) is 11.8 Å². The van der Waals surface area contributed by atoms with Crippen molar-refractivity contribution in [1.29, 1.82) is 0 Å². The standard InChI is InChI=1S/C18H19N3O5S/c1-12-7-8-13(21(24)25)9-15(12)20-18(23)11-27-10-17(22)19-14-5-3-4-6-16(14)26-2/h3-9H,10-11H2,1-2H3,(H,19,22)(H,20,23). The van der Waals surface area contributed by atoms with Crippen LogP contribution in [0.15, 0.2) is 42.5 Å². The van der Waals surface area contributed by atoms with Crippen molar-refractivity contribution in [1.82, 2.24) is 0 Å². The first-order chi connectivity index (χ1) is 12.9. The fourth-order valence-electron chi connectivity index (χ4n) is 2.22. The lowest BCUT2D eigenvalue weighted by Gasteiger charge is -2.10. The lowest BCUT2D eigenvalue weighted by atomic mass is 10.2. The number of aryl methyl sites for hydroxylation is 1. The molecule has 0 atom stereocenters. The van der Waals surface area contributed by atoms with Crippen LogP contribution < -0.4 is 15.4 Å². The van der Waals surface area contributed by atoms with Crippen molar-refractivity contribution in [2.24, 2.45) is 0 Å². The van der Waals surface area contributed by atoms with Crippen LogP contribution in [0.4, 0.5) is 17.1 Å². The molecule has 0 heterocycles. The molecule has 0 fully saturated rings. The first-order valence-electron chi connectivity index (χ1n) is 7.96. The van der Waals surface area contributed by atoms with Crippen LogP contribution in [-0.2, 0) is 9.59 Å². The third-order valence-electron chi connectivity index (χ3n) is 3.55. The maximum absolute atomic E-state index is 12.0. The summed E-state index contributed by atoms with van der Waals surface area (Å²) in [4.78, 5) is 34.3. The monoisotopic (exact) mass is 389 g/mol. The Bertz CT molecular complexity index is 857. The van der Waals surface area contributed by atoms with Gasteiger partial charge < -0.3 is 15.4 Å². The number of nitrogens with zero attached hydrogens (tertiary/aromatic N) is 1. The minimum absolute atomic E-state index is 0.0431. The molecule has 0 radical (unpaired) electrons. The predicted molar refractivity (Wildman–Crippen MR) is 105 cm³/mol. The van der Waals surface area contributed by atoms with Gasteiger partial charge in [0.15, 0.2) is 0 Å². The molecule has 142 valence electrons. The molecule has 2 aromatic carbocycles.